The fourth-order valence-corrected chi connectivity index (χ4v) is 5.40. The normalized spacial score (nSPS) is 25.8. The number of rotatable bonds is 5. The van der Waals surface area contributed by atoms with E-state index in [-0.39, 0.29) is 0 Å². The summed E-state index contributed by atoms with van der Waals surface area (Å²) in [5.41, 5.74) is 5.29. The van der Waals surface area contributed by atoms with Crippen molar-refractivity contribution in [3.8, 4) is 0 Å². The topological polar surface area (TPSA) is 15.6 Å². The number of nitrogens with zero attached hydrogens (tertiary/aromatic N) is 2. The van der Waals surface area contributed by atoms with Crippen molar-refractivity contribution >= 4 is 6.21 Å². The van der Waals surface area contributed by atoms with E-state index in [9.17, 15) is 0 Å². The molecule has 152 valence electrons. The zero-order valence-electron chi connectivity index (χ0n) is 17.7. The summed E-state index contributed by atoms with van der Waals surface area (Å²) in [5, 5.41) is 0. The number of hydrogen-bond acceptors (Lipinski definition) is 2. The van der Waals surface area contributed by atoms with E-state index in [1.54, 1.807) is 0 Å². The van der Waals surface area contributed by atoms with Crippen LogP contribution in [0.3, 0.4) is 0 Å². The Morgan fingerprint density at radius 3 is 1.93 bits per heavy atom. The molecule has 2 unspecified atom stereocenters. The van der Waals surface area contributed by atoms with Crippen LogP contribution in [-0.4, -0.2) is 36.3 Å². The van der Waals surface area contributed by atoms with Gasteiger partial charge in [-0.3, -0.25) is 9.89 Å². The molecule has 0 spiro atoms. The Morgan fingerprint density at radius 1 is 0.800 bits per heavy atom. The van der Waals surface area contributed by atoms with Crippen LogP contribution in [-0.2, 0) is 0 Å². The predicted octanol–water partition coefficient (Wildman–Crippen LogP) is 5.71. The van der Waals surface area contributed by atoms with E-state index in [1.165, 1.54) is 48.2 Å². The summed E-state index contributed by atoms with van der Waals surface area (Å²) in [6.45, 7) is 4.53. The van der Waals surface area contributed by atoms with Gasteiger partial charge in [-0.2, -0.15) is 0 Å². The first-order valence-corrected chi connectivity index (χ1v) is 11.2. The third-order valence-electron chi connectivity index (χ3n) is 6.96. The van der Waals surface area contributed by atoms with Gasteiger partial charge in [0.1, 0.15) is 0 Å². The van der Waals surface area contributed by atoms with Gasteiger partial charge in [0.05, 0.1) is 6.04 Å². The van der Waals surface area contributed by atoms with Gasteiger partial charge < -0.3 is 0 Å². The fraction of sp³-hybridized carbons (Fsp3) is 0.321. The molecule has 30 heavy (non-hydrogen) atoms. The molecule has 2 nitrogen and oxygen atoms in total. The van der Waals surface area contributed by atoms with Crippen LogP contribution < -0.4 is 0 Å². The molecular formula is C28H30N2. The standard InChI is InChI=1S/C28H30N2/c1-21-12-14-22(15-13-21)20-29-27-25-16-18-30(19-17-25)28(27)26(23-8-4-2-5-9-23)24-10-6-3-7-11-24/h2-15,20,25-28H,16-19H2,1H3. The van der Waals surface area contributed by atoms with Crippen molar-refractivity contribution in [2.75, 3.05) is 13.1 Å². The number of piperidine rings is 3. The van der Waals surface area contributed by atoms with Crippen molar-refractivity contribution < 1.29 is 0 Å². The van der Waals surface area contributed by atoms with Crippen molar-refractivity contribution in [2.24, 2.45) is 10.9 Å². The van der Waals surface area contributed by atoms with E-state index in [0.717, 1.165) is 0 Å². The third kappa shape index (κ3) is 3.85. The second kappa shape index (κ2) is 8.57. The monoisotopic (exact) mass is 394 g/mol. The number of aryl methyl sites for hydroxylation is 1. The average molecular weight is 395 g/mol. The highest BCUT2D eigenvalue weighted by atomic mass is 15.2. The fourth-order valence-electron chi connectivity index (χ4n) is 5.40. The molecule has 0 aromatic heterocycles. The van der Waals surface area contributed by atoms with Crippen LogP contribution in [0.4, 0.5) is 0 Å². The summed E-state index contributed by atoms with van der Waals surface area (Å²) >= 11 is 0. The van der Waals surface area contributed by atoms with Crippen LogP contribution in [0.2, 0.25) is 0 Å². The Kier molecular flexibility index (Phi) is 5.50. The molecule has 3 aromatic carbocycles. The first-order chi connectivity index (χ1) is 14.8. The Balaban J connectivity index is 1.54. The quantitative estimate of drug-likeness (QED) is 0.506. The molecule has 3 heterocycles. The molecule has 3 aromatic rings. The van der Waals surface area contributed by atoms with E-state index in [4.69, 9.17) is 4.99 Å². The zero-order chi connectivity index (χ0) is 20.3. The summed E-state index contributed by atoms with van der Waals surface area (Å²) < 4.78 is 0. The van der Waals surface area contributed by atoms with Crippen LogP contribution in [0.15, 0.2) is 89.9 Å². The van der Waals surface area contributed by atoms with E-state index in [2.05, 4.69) is 103 Å². The number of hydrogen-bond donors (Lipinski definition) is 0. The van der Waals surface area contributed by atoms with Gasteiger partial charge in [0.15, 0.2) is 0 Å². The first kappa shape index (κ1) is 19.3. The van der Waals surface area contributed by atoms with Gasteiger partial charge in [0, 0.05) is 18.2 Å². The number of benzene rings is 3. The Morgan fingerprint density at radius 2 is 1.37 bits per heavy atom. The van der Waals surface area contributed by atoms with Crippen molar-refractivity contribution in [3.05, 3.63) is 107 Å². The lowest BCUT2D eigenvalue weighted by Crippen LogP contribution is -2.59. The lowest BCUT2D eigenvalue weighted by Gasteiger charge is -2.52. The minimum atomic E-state index is 0.333. The Labute approximate surface area is 180 Å². The Bertz CT molecular complexity index is 931. The highest BCUT2D eigenvalue weighted by Crippen LogP contribution is 2.43. The Hall–Kier alpha value is -2.71. The van der Waals surface area contributed by atoms with Crippen LogP contribution in [0.25, 0.3) is 0 Å². The van der Waals surface area contributed by atoms with Crippen LogP contribution in [0.5, 0.6) is 0 Å². The molecule has 2 heteroatoms. The van der Waals surface area contributed by atoms with Crippen LogP contribution >= 0.6 is 0 Å². The van der Waals surface area contributed by atoms with Gasteiger partial charge in [-0.25, -0.2) is 0 Å². The smallest absolute Gasteiger partial charge is 0.0693 e. The molecular weight excluding hydrogens is 364 g/mol. The van der Waals surface area contributed by atoms with Gasteiger partial charge >= 0.3 is 0 Å². The molecule has 0 saturated carbocycles. The summed E-state index contributed by atoms with van der Waals surface area (Å²) in [6.07, 6.45) is 4.65. The van der Waals surface area contributed by atoms with Gasteiger partial charge in [-0.05, 0) is 55.5 Å². The highest BCUT2D eigenvalue weighted by molar-refractivity contribution is 5.79. The average Bonchev–Trinajstić information content (AvgIpc) is 2.82. The maximum absolute atomic E-state index is 5.25. The molecule has 3 aliphatic heterocycles. The molecule has 3 fully saturated rings. The zero-order valence-corrected chi connectivity index (χ0v) is 17.7. The summed E-state index contributed by atoms with van der Waals surface area (Å²) in [6, 6.07) is 31.5. The molecule has 3 saturated heterocycles. The molecule has 3 aliphatic rings. The molecule has 0 N–H and O–H groups in total. The second-order valence-electron chi connectivity index (χ2n) is 8.84. The van der Waals surface area contributed by atoms with Crippen molar-refractivity contribution in [3.63, 3.8) is 0 Å². The van der Waals surface area contributed by atoms with E-state index >= 15 is 0 Å². The largest absolute Gasteiger partial charge is 0.297 e. The summed E-state index contributed by atoms with van der Waals surface area (Å²) in [5.74, 6) is 1.02. The lowest BCUT2D eigenvalue weighted by molar-refractivity contribution is 0.0215. The maximum atomic E-state index is 5.25. The third-order valence-corrected chi connectivity index (χ3v) is 6.96. The van der Waals surface area contributed by atoms with Crippen molar-refractivity contribution in [1.29, 1.82) is 0 Å². The summed E-state index contributed by atoms with van der Waals surface area (Å²) in [7, 11) is 0. The van der Waals surface area contributed by atoms with Crippen LogP contribution in [0, 0.1) is 12.8 Å². The number of aliphatic imine (C=N–C) groups is 1. The first-order valence-electron chi connectivity index (χ1n) is 11.2. The molecule has 0 aliphatic carbocycles. The van der Waals surface area contributed by atoms with Crippen molar-refractivity contribution in [2.45, 2.75) is 37.8 Å². The minimum absolute atomic E-state index is 0.333. The van der Waals surface area contributed by atoms with Crippen molar-refractivity contribution in [1.82, 2.24) is 4.90 Å². The van der Waals surface area contributed by atoms with E-state index in [0.29, 0.717) is 23.9 Å². The molecule has 0 radical (unpaired) electrons. The molecule has 0 amide bonds. The SMILES string of the molecule is Cc1ccc(C=NC2C3CCN(CC3)C2C(c2ccccc2)c2ccccc2)cc1. The van der Waals surface area contributed by atoms with Gasteiger partial charge in [-0.1, -0.05) is 90.5 Å². The lowest BCUT2D eigenvalue weighted by atomic mass is 9.71. The molecule has 6 rings (SSSR count). The summed E-state index contributed by atoms with van der Waals surface area (Å²) in [4.78, 5) is 7.96. The van der Waals surface area contributed by atoms with E-state index < -0.39 is 0 Å². The maximum Gasteiger partial charge on any atom is 0.0693 e. The van der Waals surface area contributed by atoms with Gasteiger partial charge in [-0.15, -0.1) is 0 Å². The van der Waals surface area contributed by atoms with Gasteiger partial charge in [0.25, 0.3) is 0 Å². The van der Waals surface area contributed by atoms with Gasteiger partial charge in [0.2, 0.25) is 0 Å². The number of fused-ring (bicyclic) bond motifs is 3. The molecule has 2 bridgehead atoms. The second-order valence-corrected chi connectivity index (χ2v) is 8.84. The van der Waals surface area contributed by atoms with E-state index in [1.807, 2.05) is 0 Å². The minimum Gasteiger partial charge on any atom is -0.297 e. The predicted molar refractivity (Wildman–Crippen MR) is 125 cm³/mol. The molecule has 2 atom stereocenters. The highest BCUT2D eigenvalue weighted by Gasteiger charge is 2.46. The van der Waals surface area contributed by atoms with Crippen LogP contribution in [0.1, 0.15) is 41.0 Å².